The Hall–Kier alpha value is -1.49. The molecular formula is C14H12Cl3N3O. The van der Waals surface area contributed by atoms with Crippen molar-refractivity contribution in [3.8, 4) is 0 Å². The monoisotopic (exact) mass is 343 g/mol. The van der Waals surface area contributed by atoms with Crippen molar-refractivity contribution in [1.29, 1.82) is 5.41 Å². The maximum absolute atomic E-state index is 11.3. The Bertz CT molecular complexity index is 756. The van der Waals surface area contributed by atoms with E-state index >= 15 is 0 Å². The quantitative estimate of drug-likeness (QED) is 0.878. The zero-order chi connectivity index (χ0) is 15.6. The molecule has 1 aromatic carbocycles. The first-order chi connectivity index (χ1) is 9.88. The van der Waals surface area contributed by atoms with E-state index in [4.69, 9.17) is 45.9 Å². The highest BCUT2D eigenvalue weighted by Crippen LogP contribution is 2.21. The van der Waals surface area contributed by atoms with Gasteiger partial charge >= 0.3 is 0 Å². The van der Waals surface area contributed by atoms with E-state index in [2.05, 4.69) is 0 Å². The van der Waals surface area contributed by atoms with Crippen LogP contribution in [0.2, 0.25) is 15.1 Å². The maximum Gasteiger partial charge on any atom is 0.252 e. The number of aryl methyl sites for hydroxylation is 2. The molecule has 1 aromatic heterocycles. The first-order valence-electron chi connectivity index (χ1n) is 6.07. The van der Waals surface area contributed by atoms with Crippen LogP contribution in [0.15, 0.2) is 30.5 Å². The van der Waals surface area contributed by atoms with Gasteiger partial charge in [-0.3, -0.25) is 10.2 Å². The number of benzene rings is 1. The highest BCUT2D eigenvalue weighted by atomic mass is 35.5. The van der Waals surface area contributed by atoms with Gasteiger partial charge in [0, 0.05) is 22.8 Å². The molecule has 0 bridgehead atoms. The van der Waals surface area contributed by atoms with Gasteiger partial charge in [-0.25, -0.2) is 0 Å². The number of carbonyl (C=O) groups excluding carboxylic acids is 1. The van der Waals surface area contributed by atoms with Crippen molar-refractivity contribution in [2.75, 3.05) is 0 Å². The number of nitrogens with one attached hydrogen (secondary N) is 1. The van der Waals surface area contributed by atoms with Crippen LogP contribution in [0.1, 0.15) is 15.9 Å². The topological polar surface area (TPSA) is 71.9 Å². The number of halogens is 3. The zero-order valence-electron chi connectivity index (χ0n) is 10.9. The first kappa shape index (κ1) is 15.9. The van der Waals surface area contributed by atoms with Gasteiger partial charge < -0.3 is 10.3 Å². The van der Waals surface area contributed by atoms with Crippen LogP contribution in [0.5, 0.6) is 0 Å². The van der Waals surface area contributed by atoms with Crippen molar-refractivity contribution in [3.63, 3.8) is 0 Å². The Balaban J connectivity index is 2.28. The fourth-order valence-corrected chi connectivity index (χ4v) is 2.67. The molecule has 0 radical (unpaired) electrons. The van der Waals surface area contributed by atoms with Crippen molar-refractivity contribution in [3.05, 3.63) is 62.1 Å². The van der Waals surface area contributed by atoms with Crippen LogP contribution in [0.3, 0.4) is 0 Å². The molecule has 0 saturated heterocycles. The van der Waals surface area contributed by atoms with Gasteiger partial charge in [-0.1, -0.05) is 40.9 Å². The van der Waals surface area contributed by atoms with Crippen molar-refractivity contribution in [2.24, 2.45) is 5.73 Å². The van der Waals surface area contributed by atoms with Crippen molar-refractivity contribution >= 4 is 40.7 Å². The summed E-state index contributed by atoms with van der Waals surface area (Å²) in [7, 11) is 0. The molecule has 2 aromatic rings. The molecule has 3 N–H and O–H groups in total. The minimum absolute atomic E-state index is 0.0250. The molecule has 0 atom stereocenters. The summed E-state index contributed by atoms with van der Waals surface area (Å²) in [5.74, 6) is -0.680. The Morgan fingerprint density at radius 3 is 2.52 bits per heavy atom. The lowest BCUT2D eigenvalue weighted by Gasteiger charge is -2.11. The van der Waals surface area contributed by atoms with Crippen LogP contribution < -0.4 is 11.2 Å². The van der Waals surface area contributed by atoms with Crippen LogP contribution in [-0.2, 0) is 13.0 Å². The first-order valence-corrected chi connectivity index (χ1v) is 7.20. The van der Waals surface area contributed by atoms with Crippen molar-refractivity contribution < 1.29 is 4.79 Å². The fraction of sp³-hybridized carbons (Fsp3) is 0.143. The summed E-state index contributed by atoms with van der Waals surface area (Å²) < 4.78 is 1.56. The van der Waals surface area contributed by atoms with Gasteiger partial charge in [0.25, 0.3) is 5.91 Å². The molecule has 0 spiro atoms. The SMILES string of the molecule is N=c1c(C(N)=O)cc(Cl)cn1CCc1ccc(Cl)cc1Cl. The molecule has 1 heterocycles. The summed E-state index contributed by atoms with van der Waals surface area (Å²) in [5, 5.41) is 9.45. The van der Waals surface area contributed by atoms with Crippen LogP contribution in [0.25, 0.3) is 0 Å². The molecule has 0 aliphatic heterocycles. The Morgan fingerprint density at radius 2 is 1.90 bits per heavy atom. The number of hydrogen-bond donors (Lipinski definition) is 2. The van der Waals surface area contributed by atoms with Crippen LogP contribution in [0.4, 0.5) is 0 Å². The molecule has 7 heteroatoms. The maximum atomic E-state index is 11.3. The van der Waals surface area contributed by atoms with Crippen LogP contribution in [-0.4, -0.2) is 10.5 Å². The summed E-state index contributed by atoms with van der Waals surface area (Å²) in [4.78, 5) is 11.3. The van der Waals surface area contributed by atoms with Gasteiger partial charge in [0.15, 0.2) is 0 Å². The van der Waals surface area contributed by atoms with Crippen molar-refractivity contribution in [1.82, 2.24) is 4.57 Å². The van der Waals surface area contributed by atoms with Gasteiger partial charge in [0.1, 0.15) is 5.49 Å². The third kappa shape index (κ3) is 3.79. The second-order valence-corrected chi connectivity index (χ2v) is 5.74. The van der Waals surface area contributed by atoms with Gasteiger partial charge in [-0.15, -0.1) is 0 Å². The number of hydrogen-bond acceptors (Lipinski definition) is 2. The highest BCUT2D eigenvalue weighted by molar-refractivity contribution is 6.35. The number of nitrogens with zero attached hydrogens (tertiary/aromatic N) is 1. The molecule has 0 aliphatic rings. The Kier molecular flexibility index (Phi) is 4.93. The summed E-state index contributed by atoms with van der Waals surface area (Å²) in [6.07, 6.45) is 2.16. The van der Waals surface area contributed by atoms with Gasteiger partial charge in [0.05, 0.1) is 10.6 Å². The summed E-state index contributed by atoms with van der Waals surface area (Å²) in [5.41, 5.74) is 6.24. The lowest BCUT2D eigenvalue weighted by molar-refractivity contribution is 0.0997. The van der Waals surface area contributed by atoms with E-state index < -0.39 is 5.91 Å². The molecule has 4 nitrogen and oxygen atoms in total. The van der Waals surface area contributed by atoms with Crippen LogP contribution in [0, 0.1) is 5.41 Å². The van der Waals surface area contributed by atoms with Crippen LogP contribution >= 0.6 is 34.8 Å². The molecule has 0 saturated carbocycles. The fourth-order valence-electron chi connectivity index (χ4n) is 1.94. The lowest BCUT2D eigenvalue weighted by atomic mass is 10.1. The molecule has 0 fully saturated rings. The second-order valence-electron chi connectivity index (χ2n) is 4.46. The Morgan fingerprint density at radius 1 is 1.19 bits per heavy atom. The molecule has 1 amide bonds. The number of amides is 1. The molecule has 110 valence electrons. The van der Waals surface area contributed by atoms with E-state index in [0.29, 0.717) is 28.0 Å². The van der Waals surface area contributed by atoms with E-state index in [-0.39, 0.29) is 11.1 Å². The molecule has 0 aliphatic carbocycles. The number of pyridine rings is 1. The number of primary amides is 1. The Labute approximate surface area is 136 Å². The summed E-state index contributed by atoms with van der Waals surface area (Å²) >= 11 is 17.9. The minimum atomic E-state index is -0.680. The average molecular weight is 345 g/mol. The zero-order valence-corrected chi connectivity index (χ0v) is 13.1. The molecular weight excluding hydrogens is 333 g/mol. The number of rotatable bonds is 4. The average Bonchev–Trinajstić information content (AvgIpc) is 2.40. The normalized spacial score (nSPS) is 10.6. The van der Waals surface area contributed by atoms with E-state index in [9.17, 15) is 4.79 Å². The molecule has 21 heavy (non-hydrogen) atoms. The van der Waals surface area contributed by atoms with E-state index in [1.54, 1.807) is 22.9 Å². The standard InChI is InChI=1S/C14H12Cl3N3O/c15-9-2-1-8(12(17)6-9)3-4-20-7-10(16)5-11(13(20)18)14(19)21/h1-2,5-7,18H,3-4H2,(H2,19,21). The van der Waals surface area contributed by atoms with Crippen molar-refractivity contribution in [2.45, 2.75) is 13.0 Å². The van der Waals surface area contributed by atoms with Gasteiger partial charge in [-0.05, 0) is 30.2 Å². The minimum Gasteiger partial charge on any atom is -0.365 e. The second kappa shape index (κ2) is 6.52. The van der Waals surface area contributed by atoms with E-state index in [0.717, 1.165) is 5.56 Å². The number of carbonyl (C=O) groups is 1. The third-order valence-corrected chi connectivity index (χ3v) is 3.80. The molecule has 2 rings (SSSR count). The highest BCUT2D eigenvalue weighted by Gasteiger charge is 2.09. The lowest BCUT2D eigenvalue weighted by Crippen LogP contribution is -2.30. The smallest absolute Gasteiger partial charge is 0.252 e. The number of aromatic nitrogens is 1. The summed E-state index contributed by atoms with van der Waals surface area (Å²) in [6.45, 7) is 0.445. The largest absolute Gasteiger partial charge is 0.365 e. The third-order valence-electron chi connectivity index (χ3n) is 3.01. The van der Waals surface area contributed by atoms with Gasteiger partial charge in [0.2, 0.25) is 0 Å². The van der Waals surface area contributed by atoms with E-state index in [1.165, 1.54) is 6.07 Å². The van der Waals surface area contributed by atoms with Gasteiger partial charge in [-0.2, -0.15) is 0 Å². The van der Waals surface area contributed by atoms with E-state index in [1.807, 2.05) is 6.07 Å². The predicted octanol–water partition coefficient (Wildman–Crippen LogP) is 3.27. The summed E-state index contributed by atoms with van der Waals surface area (Å²) in [6, 6.07) is 6.63. The molecule has 0 unspecified atom stereocenters. The predicted molar refractivity (Wildman–Crippen MR) is 84.0 cm³/mol. The number of nitrogens with two attached hydrogens (primary N) is 1.